The zero-order valence-corrected chi connectivity index (χ0v) is 15.8. The van der Waals surface area contributed by atoms with Gasteiger partial charge in [0.05, 0.1) is 16.3 Å². The van der Waals surface area contributed by atoms with E-state index in [4.69, 9.17) is 4.98 Å². The van der Waals surface area contributed by atoms with Gasteiger partial charge in [-0.2, -0.15) is 0 Å². The number of fused-ring (bicyclic) bond motifs is 1. The van der Waals surface area contributed by atoms with Crippen LogP contribution < -0.4 is 5.32 Å². The van der Waals surface area contributed by atoms with Gasteiger partial charge in [0, 0.05) is 24.1 Å². The minimum atomic E-state index is 0.206. The van der Waals surface area contributed by atoms with Gasteiger partial charge in [-0.3, -0.25) is 4.90 Å². The maximum atomic E-state index is 4.97. The summed E-state index contributed by atoms with van der Waals surface area (Å²) in [6.45, 7) is 4.27. The lowest BCUT2D eigenvalue weighted by atomic mass is 10.1. The molecule has 0 spiro atoms. The van der Waals surface area contributed by atoms with Crippen molar-refractivity contribution in [3.05, 3.63) is 63.6 Å². The van der Waals surface area contributed by atoms with Crippen LogP contribution in [-0.2, 0) is 0 Å². The smallest absolute Gasteiger partial charge is 0.116 e. The molecule has 2 aromatic carbocycles. The van der Waals surface area contributed by atoms with Crippen LogP contribution in [0.4, 0.5) is 0 Å². The average molecular weight is 402 g/mol. The van der Waals surface area contributed by atoms with Gasteiger partial charge in [0.1, 0.15) is 5.01 Å². The number of benzene rings is 2. The highest BCUT2D eigenvalue weighted by molar-refractivity contribution is 9.10. The monoisotopic (exact) mass is 401 g/mol. The third kappa shape index (κ3) is 3.26. The molecule has 1 atom stereocenters. The van der Waals surface area contributed by atoms with Crippen molar-refractivity contribution in [1.82, 2.24) is 15.2 Å². The average Bonchev–Trinajstić information content (AvgIpc) is 2.84. The molecule has 1 saturated heterocycles. The van der Waals surface area contributed by atoms with E-state index in [2.05, 4.69) is 74.7 Å². The molecular formula is C19H20BrN3S. The molecule has 1 aromatic heterocycles. The molecule has 124 valence electrons. The highest BCUT2D eigenvalue weighted by Gasteiger charge is 2.27. The molecule has 3 nitrogen and oxygen atoms in total. The Kier molecular flexibility index (Phi) is 4.94. The fourth-order valence-corrected chi connectivity index (χ4v) is 4.94. The Morgan fingerprint density at radius 1 is 1.04 bits per heavy atom. The molecule has 0 saturated carbocycles. The Bertz CT molecular complexity index is 791. The summed E-state index contributed by atoms with van der Waals surface area (Å²) >= 11 is 5.57. The summed E-state index contributed by atoms with van der Waals surface area (Å²) in [5.74, 6) is 0. The van der Waals surface area contributed by atoms with Crippen LogP contribution in [0, 0.1) is 0 Å². The van der Waals surface area contributed by atoms with E-state index in [9.17, 15) is 0 Å². The largest absolute Gasteiger partial charge is 0.315 e. The highest BCUT2D eigenvalue weighted by Crippen LogP contribution is 2.37. The lowest BCUT2D eigenvalue weighted by molar-refractivity contribution is 0.240. The lowest BCUT2D eigenvalue weighted by Gasteiger charge is -2.30. The predicted octanol–water partition coefficient (Wildman–Crippen LogP) is 4.44. The molecule has 0 aliphatic carbocycles. The van der Waals surface area contributed by atoms with Crippen LogP contribution in [0.2, 0.25) is 0 Å². The quantitative estimate of drug-likeness (QED) is 0.702. The Morgan fingerprint density at radius 2 is 1.88 bits per heavy atom. The van der Waals surface area contributed by atoms with E-state index in [1.165, 1.54) is 21.7 Å². The number of para-hydroxylation sites is 1. The van der Waals surface area contributed by atoms with Crippen LogP contribution in [0.3, 0.4) is 0 Å². The normalized spacial score (nSPS) is 17.7. The first kappa shape index (κ1) is 16.2. The molecule has 3 aromatic rings. The minimum Gasteiger partial charge on any atom is -0.315 e. The lowest BCUT2D eigenvalue weighted by Crippen LogP contribution is -2.33. The van der Waals surface area contributed by atoms with Crippen molar-refractivity contribution in [2.24, 2.45) is 0 Å². The molecule has 1 aliphatic heterocycles. The molecular weight excluding hydrogens is 382 g/mol. The molecule has 1 fully saturated rings. The molecule has 24 heavy (non-hydrogen) atoms. The molecule has 2 heterocycles. The van der Waals surface area contributed by atoms with Crippen molar-refractivity contribution in [2.75, 3.05) is 26.2 Å². The summed E-state index contributed by atoms with van der Waals surface area (Å²) in [7, 11) is 0. The van der Waals surface area contributed by atoms with Crippen molar-refractivity contribution in [1.29, 1.82) is 0 Å². The molecule has 4 rings (SSSR count). The predicted molar refractivity (Wildman–Crippen MR) is 105 cm³/mol. The Labute approximate surface area is 154 Å². The summed E-state index contributed by atoms with van der Waals surface area (Å²) in [4.78, 5) is 7.54. The standard InChI is InChI=1S/C19H20BrN3S/c20-15-7-2-1-6-14(15)18(23-12-5-10-21-11-13-23)19-22-16-8-3-4-9-17(16)24-19/h1-4,6-9,18,21H,5,10-13H2. The third-order valence-corrected chi connectivity index (χ3v) is 6.29. The summed E-state index contributed by atoms with van der Waals surface area (Å²) in [6, 6.07) is 17.2. The summed E-state index contributed by atoms with van der Waals surface area (Å²) in [6.07, 6.45) is 1.17. The number of halogens is 1. The van der Waals surface area contributed by atoms with Gasteiger partial charge in [0.2, 0.25) is 0 Å². The molecule has 1 N–H and O–H groups in total. The van der Waals surface area contributed by atoms with E-state index in [0.717, 1.165) is 36.2 Å². The zero-order chi connectivity index (χ0) is 16.4. The highest BCUT2D eigenvalue weighted by atomic mass is 79.9. The third-order valence-electron chi connectivity index (χ3n) is 4.48. The van der Waals surface area contributed by atoms with Crippen molar-refractivity contribution >= 4 is 37.5 Å². The summed E-state index contributed by atoms with van der Waals surface area (Å²) in [5.41, 5.74) is 2.40. The topological polar surface area (TPSA) is 28.2 Å². The first-order valence-corrected chi connectivity index (χ1v) is 9.98. The number of rotatable bonds is 3. The number of thiazole rings is 1. The fourth-order valence-electron chi connectivity index (χ4n) is 3.31. The number of hydrogen-bond donors (Lipinski definition) is 1. The van der Waals surface area contributed by atoms with Gasteiger partial charge >= 0.3 is 0 Å². The molecule has 5 heteroatoms. The van der Waals surface area contributed by atoms with E-state index in [1.54, 1.807) is 0 Å². The van der Waals surface area contributed by atoms with Crippen molar-refractivity contribution in [3.8, 4) is 0 Å². The molecule has 1 unspecified atom stereocenters. The number of aromatic nitrogens is 1. The van der Waals surface area contributed by atoms with Crippen LogP contribution in [0.15, 0.2) is 53.0 Å². The van der Waals surface area contributed by atoms with Gasteiger partial charge in [-0.05, 0) is 36.7 Å². The summed E-state index contributed by atoms with van der Waals surface area (Å²) < 4.78 is 2.42. The Morgan fingerprint density at radius 3 is 2.75 bits per heavy atom. The second-order valence-electron chi connectivity index (χ2n) is 6.08. The van der Waals surface area contributed by atoms with Crippen molar-refractivity contribution in [3.63, 3.8) is 0 Å². The van der Waals surface area contributed by atoms with Crippen LogP contribution >= 0.6 is 27.3 Å². The van der Waals surface area contributed by atoms with E-state index >= 15 is 0 Å². The van der Waals surface area contributed by atoms with E-state index in [-0.39, 0.29) is 6.04 Å². The second-order valence-corrected chi connectivity index (χ2v) is 8.00. The SMILES string of the molecule is Brc1ccccc1C(c1nc2ccccc2s1)N1CCCNCC1. The van der Waals surface area contributed by atoms with Gasteiger partial charge in [0.25, 0.3) is 0 Å². The number of nitrogens with zero attached hydrogens (tertiary/aromatic N) is 2. The molecule has 0 radical (unpaired) electrons. The number of hydrogen-bond acceptors (Lipinski definition) is 4. The van der Waals surface area contributed by atoms with Crippen LogP contribution in [0.5, 0.6) is 0 Å². The van der Waals surface area contributed by atoms with Gasteiger partial charge in [-0.25, -0.2) is 4.98 Å². The maximum Gasteiger partial charge on any atom is 0.116 e. The van der Waals surface area contributed by atoms with Crippen molar-refractivity contribution in [2.45, 2.75) is 12.5 Å². The Balaban J connectivity index is 1.81. The maximum absolute atomic E-state index is 4.97. The van der Waals surface area contributed by atoms with Crippen LogP contribution in [0.1, 0.15) is 23.0 Å². The summed E-state index contributed by atoms with van der Waals surface area (Å²) in [5, 5.41) is 4.69. The van der Waals surface area contributed by atoms with Crippen molar-refractivity contribution < 1.29 is 0 Å². The van der Waals surface area contributed by atoms with E-state index in [0.29, 0.717) is 0 Å². The minimum absolute atomic E-state index is 0.206. The van der Waals surface area contributed by atoms with Gasteiger partial charge in [0.15, 0.2) is 0 Å². The first-order valence-electron chi connectivity index (χ1n) is 8.37. The molecule has 0 bridgehead atoms. The second kappa shape index (κ2) is 7.31. The van der Waals surface area contributed by atoms with Gasteiger partial charge < -0.3 is 5.32 Å². The van der Waals surface area contributed by atoms with Crippen LogP contribution in [0.25, 0.3) is 10.2 Å². The van der Waals surface area contributed by atoms with Gasteiger partial charge in [-0.1, -0.05) is 46.3 Å². The van der Waals surface area contributed by atoms with E-state index < -0.39 is 0 Å². The fraction of sp³-hybridized carbons (Fsp3) is 0.316. The zero-order valence-electron chi connectivity index (χ0n) is 13.4. The molecule has 1 aliphatic rings. The first-order chi connectivity index (χ1) is 11.8. The number of nitrogens with one attached hydrogen (secondary N) is 1. The van der Waals surface area contributed by atoms with E-state index in [1.807, 2.05) is 11.3 Å². The molecule has 0 amide bonds. The van der Waals surface area contributed by atoms with Crippen LogP contribution in [-0.4, -0.2) is 36.1 Å². The Hall–Kier alpha value is -1.27. The van der Waals surface area contributed by atoms with Gasteiger partial charge in [-0.15, -0.1) is 11.3 Å².